The minimum Gasteiger partial charge on any atom is -0.272 e. The highest BCUT2D eigenvalue weighted by Gasteiger charge is 2.34. The molecule has 2 aromatic rings. The molecule has 0 saturated heterocycles. The van der Waals surface area contributed by atoms with Crippen LogP contribution >= 0.6 is 0 Å². The van der Waals surface area contributed by atoms with Crippen LogP contribution in [0, 0.1) is 6.92 Å². The third-order valence-corrected chi connectivity index (χ3v) is 5.48. The molecule has 1 aliphatic rings. The molecule has 1 unspecified atom stereocenters. The lowest BCUT2D eigenvalue weighted by Gasteiger charge is -2.21. The molecule has 0 N–H and O–H groups in total. The van der Waals surface area contributed by atoms with Gasteiger partial charge in [-0.1, -0.05) is 50.1 Å². The smallest absolute Gasteiger partial charge is 0.230 e. The largest absolute Gasteiger partial charge is 0.272 e. The summed E-state index contributed by atoms with van der Waals surface area (Å²) < 4.78 is 17.1. The number of aryl methyl sites for hydroxylation is 1. The van der Waals surface area contributed by atoms with E-state index in [0.717, 1.165) is 35.6 Å². The van der Waals surface area contributed by atoms with Crippen LogP contribution in [0.2, 0.25) is 0 Å². The first-order valence-corrected chi connectivity index (χ1v) is 8.94. The van der Waals surface area contributed by atoms with Crippen molar-refractivity contribution in [1.29, 1.82) is 0 Å². The third kappa shape index (κ3) is 2.63. The molecule has 2 aromatic carbocycles. The molecular formula is C18H22N2OS. The van der Waals surface area contributed by atoms with Crippen LogP contribution in [0.3, 0.4) is 0 Å². The second-order valence-corrected chi connectivity index (χ2v) is 6.88. The lowest BCUT2D eigenvalue weighted by molar-refractivity contribution is 0.674. The first-order chi connectivity index (χ1) is 10.7. The summed E-state index contributed by atoms with van der Waals surface area (Å²) >= 11 is -1.19. The number of para-hydroxylation sites is 3. The fourth-order valence-corrected chi connectivity index (χ4v) is 4.32. The van der Waals surface area contributed by atoms with Gasteiger partial charge < -0.3 is 0 Å². The molecule has 0 saturated carbocycles. The van der Waals surface area contributed by atoms with Gasteiger partial charge >= 0.3 is 0 Å². The third-order valence-electron chi connectivity index (χ3n) is 4.01. The summed E-state index contributed by atoms with van der Waals surface area (Å²) in [7, 11) is 0. The monoisotopic (exact) mass is 314 g/mol. The van der Waals surface area contributed by atoms with Gasteiger partial charge in [0.1, 0.15) is 0 Å². The minimum absolute atomic E-state index is 0.833. The van der Waals surface area contributed by atoms with E-state index in [4.69, 9.17) is 0 Å². The van der Waals surface area contributed by atoms with Crippen LogP contribution in [0.15, 0.2) is 48.5 Å². The van der Waals surface area contributed by atoms with Crippen LogP contribution in [0.5, 0.6) is 0 Å². The Hall–Kier alpha value is -1.81. The number of fused-ring (bicyclic) bond motifs is 1. The van der Waals surface area contributed by atoms with E-state index in [1.54, 1.807) is 0 Å². The van der Waals surface area contributed by atoms with Gasteiger partial charge in [-0.15, -0.1) is 0 Å². The Labute approximate surface area is 135 Å². The first-order valence-electron chi connectivity index (χ1n) is 7.88. The van der Waals surface area contributed by atoms with E-state index in [9.17, 15) is 4.21 Å². The number of nitrogens with zero attached hydrogens (tertiary/aromatic N) is 2. The maximum atomic E-state index is 13.1. The van der Waals surface area contributed by atoms with Crippen molar-refractivity contribution in [3.63, 3.8) is 0 Å². The van der Waals surface area contributed by atoms with Crippen LogP contribution in [0.4, 0.5) is 17.1 Å². The Balaban J connectivity index is 1.99. The molecule has 0 fully saturated rings. The van der Waals surface area contributed by atoms with Crippen molar-refractivity contribution in [2.24, 2.45) is 0 Å². The first kappa shape index (κ1) is 15.1. The van der Waals surface area contributed by atoms with E-state index in [1.165, 1.54) is 12.8 Å². The number of anilines is 3. The van der Waals surface area contributed by atoms with Gasteiger partial charge in [0.05, 0.1) is 17.1 Å². The van der Waals surface area contributed by atoms with Crippen LogP contribution in [0.1, 0.15) is 31.7 Å². The maximum absolute atomic E-state index is 13.1. The molecule has 3 nitrogen and oxygen atoms in total. The maximum Gasteiger partial charge on any atom is 0.230 e. The number of rotatable bonds is 5. The van der Waals surface area contributed by atoms with E-state index in [0.29, 0.717) is 0 Å². The van der Waals surface area contributed by atoms with Gasteiger partial charge in [0.25, 0.3) is 0 Å². The van der Waals surface area contributed by atoms with Crippen molar-refractivity contribution in [2.75, 3.05) is 15.2 Å². The predicted molar refractivity (Wildman–Crippen MR) is 94.8 cm³/mol. The summed E-state index contributed by atoms with van der Waals surface area (Å²) in [4.78, 5) is 0. The summed E-state index contributed by atoms with van der Waals surface area (Å²) in [6.07, 6.45) is 3.40. The highest BCUT2D eigenvalue weighted by Crippen LogP contribution is 2.44. The highest BCUT2D eigenvalue weighted by atomic mass is 32.2. The Morgan fingerprint density at radius 2 is 1.55 bits per heavy atom. The molecular weight excluding hydrogens is 292 g/mol. The zero-order chi connectivity index (χ0) is 15.5. The molecule has 3 rings (SSSR count). The highest BCUT2D eigenvalue weighted by molar-refractivity contribution is 7.88. The average molecular weight is 314 g/mol. The van der Waals surface area contributed by atoms with Crippen LogP contribution < -0.4 is 8.61 Å². The number of hydrogen-bond donors (Lipinski definition) is 0. The predicted octanol–water partition coefficient (Wildman–Crippen LogP) is 4.72. The fourth-order valence-electron chi connectivity index (χ4n) is 2.82. The van der Waals surface area contributed by atoms with Crippen molar-refractivity contribution in [1.82, 2.24) is 0 Å². The van der Waals surface area contributed by atoms with Gasteiger partial charge in [0.15, 0.2) is 0 Å². The molecule has 1 atom stereocenters. The Morgan fingerprint density at radius 3 is 2.23 bits per heavy atom. The lowest BCUT2D eigenvalue weighted by atomic mass is 10.2. The van der Waals surface area contributed by atoms with E-state index in [1.807, 2.05) is 38.9 Å². The molecule has 116 valence electrons. The number of hydrogen-bond acceptors (Lipinski definition) is 1. The van der Waals surface area contributed by atoms with Gasteiger partial charge in [-0.2, -0.15) is 0 Å². The van der Waals surface area contributed by atoms with Crippen molar-refractivity contribution < 1.29 is 4.21 Å². The molecule has 0 aliphatic carbocycles. The second kappa shape index (κ2) is 6.53. The van der Waals surface area contributed by atoms with Gasteiger partial charge in [-0.3, -0.25) is 4.31 Å². The van der Waals surface area contributed by atoms with Gasteiger partial charge in [0, 0.05) is 6.54 Å². The normalized spacial score (nSPS) is 16.9. The van der Waals surface area contributed by atoms with Crippen molar-refractivity contribution in [3.8, 4) is 0 Å². The Bertz CT molecular complexity index is 686. The topological polar surface area (TPSA) is 23.6 Å². The quantitative estimate of drug-likeness (QED) is 0.732. The number of unbranched alkanes of at least 4 members (excludes halogenated alkanes) is 2. The van der Waals surface area contributed by atoms with Crippen LogP contribution in [-0.2, 0) is 11.2 Å². The zero-order valence-electron chi connectivity index (χ0n) is 13.2. The zero-order valence-corrected chi connectivity index (χ0v) is 14.0. The molecule has 22 heavy (non-hydrogen) atoms. The van der Waals surface area contributed by atoms with Crippen molar-refractivity contribution >= 4 is 28.2 Å². The molecule has 1 aliphatic heterocycles. The summed E-state index contributed by atoms with van der Waals surface area (Å²) in [5.74, 6) is 0. The van der Waals surface area contributed by atoms with E-state index >= 15 is 0 Å². The fraction of sp³-hybridized carbons (Fsp3) is 0.333. The summed E-state index contributed by atoms with van der Waals surface area (Å²) in [6, 6.07) is 16.3. The van der Waals surface area contributed by atoms with E-state index in [-0.39, 0.29) is 0 Å². The Morgan fingerprint density at radius 1 is 0.909 bits per heavy atom. The van der Waals surface area contributed by atoms with Crippen LogP contribution in [0.25, 0.3) is 0 Å². The summed E-state index contributed by atoms with van der Waals surface area (Å²) in [6.45, 7) is 5.09. The molecule has 0 aromatic heterocycles. The lowest BCUT2D eigenvalue weighted by Crippen LogP contribution is -2.30. The van der Waals surface area contributed by atoms with Crippen molar-refractivity contribution in [2.45, 2.75) is 33.1 Å². The summed E-state index contributed by atoms with van der Waals surface area (Å²) in [5, 5.41) is 0. The SMILES string of the molecule is CCCCCN1c2ccccc2N(c2ccccc2C)S1=O. The second-order valence-electron chi connectivity index (χ2n) is 5.61. The molecule has 4 heteroatoms. The van der Waals surface area contributed by atoms with Crippen molar-refractivity contribution in [3.05, 3.63) is 54.1 Å². The summed E-state index contributed by atoms with van der Waals surface area (Å²) in [5.41, 5.74) is 4.26. The molecule has 1 heterocycles. The van der Waals surface area contributed by atoms with E-state index in [2.05, 4.69) is 32.0 Å². The molecule has 0 amide bonds. The number of benzene rings is 2. The Kier molecular flexibility index (Phi) is 4.48. The molecule has 0 bridgehead atoms. The van der Waals surface area contributed by atoms with Gasteiger partial charge in [-0.05, 0) is 37.1 Å². The minimum atomic E-state index is -1.19. The molecule has 0 spiro atoms. The van der Waals surface area contributed by atoms with E-state index < -0.39 is 11.2 Å². The standard InChI is InChI=1S/C18H22N2OS/c1-3-4-9-14-19-17-12-7-8-13-18(17)20(22(19)21)16-11-6-5-10-15(16)2/h5-8,10-13H,3-4,9,14H2,1-2H3. The average Bonchev–Trinajstić information content (AvgIpc) is 2.81. The molecule has 0 radical (unpaired) electrons. The van der Waals surface area contributed by atoms with Gasteiger partial charge in [0.2, 0.25) is 11.2 Å². The van der Waals surface area contributed by atoms with Gasteiger partial charge in [-0.25, -0.2) is 8.51 Å². The van der Waals surface area contributed by atoms with Crippen LogP contribution in [-0.4, -0.2) is 10.8 Å².